The maximum atomic E-state index is 11.7. The molecule has 2 aliphatic rings. The van der Waals surface area contributed by atoms with Gasteiger partial charge in [-0.05, 0) is 6.08 Å². The number of nitrogens with two attached hydrogens (primary N) is 1. The number of carbonyl (C=O) groups excluding carboxylic acids is 2. The first-order valence-electron chi connectivity index (χ1n) is 5.26. The van der Waals surface area contributed by atoms with Crippen molar-refractivity contribution in [2.24, 2.45) is 21.6 Å². The molecule has 0 radical (unpaired) electrons. The van der Waals surface area contributed by atoms with E-state index >= 15 is 0 Å². The lowest BCUT2D eigenvalue weighted by Gasteiger charge is -2.17. The molecule has 6 nitrogen and oxygen atoms in total. The average molecular weight is 232 g/mol. The van der Waals surface area contributed by atoms with Crippen LogP contribution >= 0.6 is 0 Å². The molecule has 1 heterocycles. The van der Waals surface area contributed by atoms with E-state index in [0.717, 1.165) is 0 Å². The molecule has 17 heavy (non-hydrogen) atoms. The zero-order valence-corrected chi connectivity index (χ0v) is 9.09. The van der Waals surface area contributed by atoms with Gasteiger partial charge in [-0.25, -0.2) is 4.99 Å². The van der Waals surface area contributed by atoms with Gasteiger partial charge in [-0.3, -0.25) is 9.59 Å². The summed E-state index contributed by atoms with van der Waals surface area (Å²) in [5.74, 6) is -1.40. The fourth-order valence-electron chi connectivity index (χ4n) is 1.53. The Balaban J connectivity index is 2.18. The summed E-state index contributed by atoms with van der Waals surface area (Å²) in [5, 5.41) is 2.52. The lowest BCUT2D eigenvalue weighted by Crippen LogP contribution is -2.38. The number of hydrogen-bond acceptors (Lipinski definition) is 4. The van der Waals surface area contributed by atoms with Crippen molar-refractivity contribution in [1.29, 1.82) is 0 Å². The highest BCUT2D eigenvalue weighted by Crippen LogP contribution is 2.15. The van der Waals surface area contributed by atoms with E-state index in [2.05, 4.69) is 15.3 Å². The number of fused-ring (bicyclic) bond motifs is 1. The van der Waals surface area contributed by atoms with Crippen LogP contribution in [-0.2, 0) is 9.59 Å². The summed E-state index contributed by atoms with van der Waals surface area (Å²) in [7, 11) is 0. The highest BCUT2D eigenvalue weighted by molar-refractivity contribution is 6.44. The fourth-order valence-corrected chi connectivity index (χ4v) is 1.53. The normalized spacial score (nSPS) is 21.7. The van der Waals surface area contributed by atoms with Gasteiger partial charge in [-0.2, -0.15) is 4.99 Å². The first-order chi connectivity index (χ1) is 8.22. The SMILES string of the molecule is NCCNC(=O)C1=NC(=O)C2C=CC=CC2=N1. The van der Waals surface area contributed by atoms with Crippen LogP contribution in [0.4, 0.5) is 0 Å². The standard InChI is InChI=1S/C11H12N4O2/c12-5-6-13-11(17)9-14-8-4-2-1-3-7(8)10(16)15-9/h1-4,7H,5-6,12H2,(H,13,17). The summed E-state index contributed by atoms with van der Waals surface area (Å²) in [6.45, 7) is 0.658. The van der Waals surface area contributed by atoms with Crippen LogP contribution in [0.5, 0.6) is 0 Å². The maximum Gasteiger partial charge on any atom is 0.289 e. The third-order valence-electron chi connectivity index (χ3n) is 2.35. The van der Waals surface area contributed by atoms with Gasteiger partial charge in [-0.1, -0.05) is 18.2 Å². The lowest BCUT2D eigenvalue weighted by atomic mass is 9.96. The largest absolute Gasteiger partial charge is 0.348 e. The quantitative estimate of drug-likeness (QED) is 0.665. The van der Waals surface area contributed by atoms with Gasteiger partial charge in [0.15, 0.2) is 0 Å². The van der Waals surface area contributed by atoms with Crippen molar-refractivity contribution in [3.8, 4) is 0 Å². The van der Waals surface area contributed by atoms with E-state index in [1.165, 1.54) is 0 Å². The third-order valence-corrected chi connectivity index (χ3v) is 2.35. The minimum Gasteiger partial charge on any atom is -0.348 e. The second-order valence-corrected chi connectivity index (χ2v) is 3.58. The molecule has 0 aromatic rings. The van der Waals surface area contributed by atoms with Gasteiger partial charge in [0.05, 0.1) is 5.71 Å². The molecule has 0 aromatic carbocycles. The van der Waals surface area contributed by atoms with Crippen LogP contribution in [0.25, 0.3) is 0 Å². The molecule has 1 aliphatic heterocycles. The minimum absolute atomic E-state index is 0.102. The van der Waals surface area contributed by atoms with E-state index in [4.69, 9.17) is 5.73 Å². The zero-order chi connectivity index (χ0) is 12.3. The van der Waals surface area contributed by atoms with Gasteiger partial charge >= 0.3 is 0 Å². The smallest absolute Gasteiger partial charge is 0.289 e. The number of rotatable bonds is 3. The Bertz CT molecular complexity index is 474. The van der Waals surface area contributed by atoms with E-state index in [9.17, 15) is 9.59 Å². The fraction of sp³-hybridized carbons (Fsp3) is 0.273. The minimum atomic E-state index is -0.474. The molecule has 1 aliphatic carbocycles. The number of nitrogens with zero attached hydrogens (tertiary/aromatic N) is 2. The van der Waals surface area contributed by atoms with Crippen LogP contribution in [0.3, 0.4) is 0 Å². The molecule has 0 spiro atoms. The van der Waals surface area contributed by atoms with Crippen molar-refractivity contribution in [1.82, 2.24) is 5.32 Å². The Morgan fingerprint density at radius 1 is 1.41 bits per heavy atom. The predicted octanol–water partition coefficient (Wildman–Crippen LogP) is -0.817. The third kappa shape index (κ3) is 2.36. The molecular formula is C11H12N4O2. The second kappa shape index (κ2) is 4.84. The predicted molar refractivity (Wildman–Crippen MR) is 63.7 cm³/mol. The summed E-state index contributed by atoms with van der Waals surface area (Å²) in [5.41, 5.74) is 5.81. The van der Waals surface area contributed by atoms with E-state index < -0.39 is 11.8 Å². The topological polar surface area (TPSA) is 96.9 Å². The van der Waals surface area contributed by atoms with E-state index in [1.807, 2.05) is 0 Å². The number of allylic oxidation sites excluding steroid dienone is 3. The molecule has 6 heteroatoms. The van der Waals surface area contributed by atoms with Crippen LogP contribution in [0.15, 0.2) is 34.3 Å². The Morgan fingerprint density at radius 2 is 2.24 bits per heavy atom. The molecule has 88 valence electrons. The van der Waals surface area contributed by atoms with Crippen molar-refractivity contribution in [3.05, 3.63) is 24.3 Å². The molecular weight excluding hydrogens is 220 g/mol. The zero-order valence-electron chi connectivity index (χ0n) is 9.09. The van der Waals surface area contributed by atoms with E-state index in [0.29, 0.717) is 18.8 Å². The second-order valence-electron chi connectivity index (χ2n) is 3.58. The summed E-state index contributed by atoms with van der Waals surface area (Å²) in [6, 6.07) is 0. The summed E-state index contributed by atoms with van der Waals surface area (Å²) < 4.78 is 0. The first-order valence-corrected chi connectivity index (χ1v) is 5.26. The molecule has 0 saturated carbocycles. The lowest BCUT2D eigenvalue weighted by molar-refractivity contribution is -0.119. The Hall–Kier alpha value is -2.08. The van der Waals surface area contributed by atoms with Gasteiger partial charge in [0.25, 0.3) is 11.8 Å². The number of aliphatic imine (C=N–C) groups is 2. The molecule has 0 bridgehead atoms. The maximum absolute atomic E-state index is 11.7. The van der Waals surface area contributed by atoms with Crippen LogP contribution in [0, 0.1) is 5.92 Å². The van der Waals surface area contributed by atoms with Gasteiger partial charge < -0.3 is 11.1 Å². The molecule has 0 aromatic heterocycles. The number of amides is 2. The molecule has 2 rings (SSSR count). The van der Waals surface area contributed by atoms with Crippen molar-refractivity contribution >= 4 is 23.4 Å². The van der Waals surface area contributed by atoms with Crippen LogP contribution in [-0.4, -0.2) is 36.5 Å². The van der Waals surface area contributed by atoms with Crippen LogP contribution in [0.1, 0.15) is 0 Å². The van der Waals surface area contributed by atoms with E-state index in [-0.39, 0.29) is 11.7 Å². The highest BCUT2D eigenvalue weighted by Gasteiger charge is 2.28. The molecule has 0 fully saturated rings. The van der Waals surface area contributed by atoms with Crippen molar-refractivity contribution in [2.75, 3.05) is 13.1 Å². The van der Waals surface area contributed by atoms with Crippen LogP contribution in [0.2, 0.25) is 0 Å². The molecule has 3 N–H and O–H groups in total. The van der Waals surface area contributed by atoms with Crippen molar-refractivity contribution in [2.45, 2.75) is 0 Å². The van der Waals surface area contributed by atoms with Crippen molar-refractivity contribution in [3.63, 3.8) is 0 Å². The monoisotopic (exact) mass is 232 g/mol. The van der Waals surface area contributed by atoms with Gasteiger partial charge in [0, 0.05) is 13.1 Å². The highest BCUT2D eigenvalue weighted by atomic mass is 16.2. The molecule has 1 unspecified atom stereocenters. The number of nitrogens with one attached hydrogen (secondary N) is 1. The number of amidine groups is 1. The Labute approximate surface area is 98.0 Å². The number of hydrogen-bond donors (Lipinski definition) is 2. The van der Waals surface area contributed by atoms with Crippen molar-refractivity contribution < 1.29 is 9.59 Å². The summed E-state index contributed by atoms with van der Waals surface area (Å²) in [6.07, 6.45) is 6.94. The number of carbonyl (C=O) groups is 2. The Morgan fingerprint density at radius 3 is 3.00 bits per heavy atom. The van der Waals surface area contributed by atoms with Gasteiger partial charge in [0.2, 0.25) is 5.84 Å². The average Bonchev–Trinajstić information content (AvgIpc) is 2.36. The first kappa shape index (κ1) is 11.4. The Kier molecular flexibility index (Phi) is 3.24. The van der Waals surface area contributed by atoms with Crippen LogP contribution < -0.4 is 11.1 Å². The van der Waals surface area contributed by atoms with Gasteiger partial charge in [-0.15, -0.1) is 0 Å². The molecule has 1 atom stereocenters. The molecule has 0 saturated heterocycles. The summed E-state index contributed by atoms with van der Waals surface area (Å²) in [4.78, 5) is 31.0. The van der Waals surface area contributed by atoms with E-state index in [1.54, 1.807) is 24.3 Å². The summed E-state index contributed by atoms with van der Waals surface area (Å²) >= 11 is 0. The molecule has 2 amide bonds. The van der Waals surface area contributed by atoms with Gasteiger partial charge in [0.1, 0.15) is 5.92 Å².